The van der Waals surface area contributed by atoms with Crippen LogP contribution in [0.3, 0.4) is 0 Å². The molecular weight excluding hydrogens is 510 g/mol. The van der Waals surface area contributed by atoms with Crippen LogP contribution in [-0.2, 0) is 24.7 Å². The molecule has 32 heavy (non-hydrogen) atoms. The van der Waals surface area contributed by atoms with Crippen molar-refractivity contribution in [1.82, 2.24) is 0 Å². The van der Waals surface area contributed by atoms with E-state index in [2.05, 4.69) is 48.5 Å². The zero-order valence-electron chi connectivity index (χ0n) is 19.2. The summed E-state index contributed by atoms with van der Waals surface area (Å²) in [4.78, 5) is 0. The molecule has 0 saturated heterocycles. The Morgan fingerprint density at radius 1 is 0.719 bits per heavy atom. The number of hydrogen-bond acceptors (Lipinski definition) is 0. The molecule has 0 spiro atoms. The van der Waals surface area contributed by atoms with E-state index < -0.39 is 0 Å². The molecule has 0 amide bonds. The Morgan fingerprint density at radius 2 is 1.34 bits per heavy atom. The van der Waals surface area contributed by atoms with Crippen molar-refractivity contribution in [2.24, 2.45) is 5.92 Å². The second-order valence-electron chi connectivity index (χ2n) is 9.98. The van der Waals surface area contributed by atoms with Gasteiger partial charge in [0.15, 0.2) is 0 Å². The molecule has 3 aliphatic carbocycles. The van der Waals surface area contributed by atoms with E-state index >= 15 is 0 Å². The standard InChI is InChI=1S/C29H35.2ClH.Zr/c1-2-5-10-22(9-4-1)19-23-20-27-13-8-14-28(29(27)21-23)26-17-15-25(16-18-26)24-11-6-3-7-12-24;;;/h8,13-18,20-22,24H,1-7,9-12,19H2;2*1H;. The monoisotopic (exact) mass is 545 g/mol. The summed E-state index contributed by atoms with van der Waals surface area (Å²) in [7, 11) is 0. The fraction of sp³-hybridized carbons (Fsp3) is 0.517. The third-order valence-electron chi connectivity index (χ3n) is 7.95. The first kappa shape index (κ1) is 26.3. The van der Waals surface area contributed by atoms with Gasteiger partial charge in [-0.05, 0) is 0 Å². The normalized spacial score (nSPS) is 21.6. The Labute approximate surface area is 222 Å². The van der Waals surface area contributed by atoms with Gasteiger partial charge in [0.05, 0.1) is 0 Å². The molecule has 0 aromatic heterocycles. The third kappa shape index (κ3) is 5.82. The van der Waals surface area contributed by atoms with Gasteiger partial charge < -0.3 is 0 Å². The van der Waals surface area contributed by atoms with E-state index in [-0.39, 0.29) is 24.8 Å². The summed E-state index contributed by atoms with van der Waals surface area (Å²) in [5, 5.41) is 0. The van der Waals surface area contributed by atoms with Gasteiger partial charge >= 0.3 is 199 Å². The first-order valence-corrected chi connectivity index (χ1v) is 13.9. The minimum absolute atomic E-state index is 0. The Hall–Kier alpha value is -0.357. The van der Waals surface area contributed by atoms with Crippen molar-refractivity contribution < 1.29 is 24.7 Å². The van der Waals surface area contributed by atoms with Crippen LogP contribution in [-0.4, -0.2) is 0 Å². The summed E-state index contributed by atoms with van der Waals surface area (Å²) in [5.41, 5.74) is 9.25. The fourth-order valence-electron chi connectivity index (χ4n) is 6.16. The van der Waals surface area contributed by atoms with E-state index in [1.165, 1.54) is 93.7 Å². The van der Waals surface area contributed by atoms with E-state index in [0.29, 0.717) is 3.63 Å². The summed E-state index contributed by atoms with van der Waals surface area (Å²) >= 11 is 1.66. The second-order valence-corrected chi connectivity index (χ2v) is 11.4. The molecule has 3 aliphatic rings. The predicted octanol–water partition coefficient (Wildman–Crippen LogP) is 9.59. The molecule has 2 aromatic carbocycles. The van der Waals surface area contributed by atoms with Crippen molar-refractivity contribution in [3.8, 4) is 11.1 Å². The number of rotatable bonds is 4. The fourth-order valence-corrected chi connectivity index (χ4v) is 7.28. The van der Waals surface area contributed by atoms with Gasteiger partial charge in [-0.15, -0.1) is 24.8 Å². The average molecular weight is 548 g/mol. The number of allylic oxidation sites excluding steroid dienone is 1. The van der Waals surface area contributed by atoms with Gasteiger partial charge in [-0.2, -0.15) is 0 Å². The molecular formula is C29H37Cl2Zr. The molecule has 0 aliphatic heterocycles. The summed E-state index contributed by atoms with van der Waals surface area (Å²) in [6, 6.07) is 16.7. The molecule has 2 aromatic rings. The molecule has 2 saturated carbocycles. The van der Waals surface area contributed by atoms with E-state index in [9.17, 15) is 0 Å². The van der Waals surface area contributed by atoms with E-state index in [4.69, 9.17) is 0 Å². The summed E-state index contributed by atoms with van der Waals surface area (Å²) < 4.78 is 0.678. The first-order chi connectivity index (χ1) is 14.8. The molecule has 0 nitrogen and oxygen atoms in total. The molecule has 0 radical (unpaired) electrons. The van der Waals surface area contributed by atoms with Gasteiger partial charge in [-0.3, -0.25) is 0 Å². The summed E-state index contributed by atoms with van der Waals surface area (Å²) in [5.74, 6) is 1.72. The summed E-state index contributed by atoms with van der Waals surface area (Å²) in [6.07, 6.45) is 19.7. The number of hydrogen-bond donors (Lipinski definition) is 0. The van der Waals surface area contributed by atoms with Gasteiger partial charge in [-0.25, -0.2) is 0 Å². The Balaban J connectivity index is 0.00000144. The van der Waals surface area contributed by atoms with E-state index in [1.54, 1.807) is 41.4 Å². The van der Waals surface area contributed by atoms with Crippen LogP contribution in [0.2, 0.25) is 0 Å². The van der Waals surface area contributed by atoms with Crippen LogP contribution in [0.15, 0.2) is 48.0 Å². The van der Waals surface area contributed by atoms with Crippen molar-refractivity contribution in [2.45, 2.75) is 86.6 Å². The molecule has 5 rings (SSSR count). The minimum atomic E-state index is 0. The second kappa shape index (κ2) is 12.4. The van der Waals surface area contributed by atoms with Crippen LogP contribution in [0.4, 0.5) is 0 Å². The molecule has 0 heterocycles. The predicted molar refractivity (Wildman–Crippen MR) is 139 cm³/mol. The van der Waals surface area contributed by atoms with Crippen LogP contribution in [0.25, 0.3) is 17.2 Å². The zero-order valence-corrected chi connectivity index (χ0v) is 23.2. The first-order valence-electron chi connectivity index (χ1n) is 12.4. The van der Waals surface area contributed by atoms with Crippen molar-refractivity contribution >= 4 is 30.9 Å². The molecule has 1 unspecified atom stereocenters. The molecule has 171 valence electrons. The van der Waals surface area contributed by atoms with Gasteiger partial charge in [0.1, 0.15) is 0 Å². The van der Waals surface area contributed by atoms with Gasteiger partial charge in [0.25, 0.3) is 0 Å². The number of benzene rings is 2. The van der Waals surface area contributed by atoms with Gasteiger partial charge in [0, 0.05) is 0 Å². The van der Waals surface area contributed by atoms with Crippen LogP contribution in [0.5, 0.6) is 0 Å². The van der Waals surface area contributed by atoms with Crippen molar-refractivity contribution in [2.75, 3.05) is 0 Å². The molecule has 0 bridgehead atoms. The molecule has 1 atom stereocenters. The van der Waals surface area contributed by atoms with Gasteiger partial charge in [0.2, 0.25) is 0 Å². The van der Waals surface area contributed by atoms with Crippen LogP contribution >= 0.6 is 24.8 Å². The molecule has 0 N–H and O–H groups in total. The maximum atomic E-state index is 2.59. The van der Waals surface area contributed by atoms with Crippen LogP contribution in [0, 0.1) is 5.92 Å². The maximum absolute atomic E-state index is 2.59. The van der Waals surface area contributed by atoms with Crippen molar-refractivity contribution in [1.29, 1.82) is 0 Å². The van der Waals surface area contributed by atoms with Crippen molar-refractivity contribution in [3.63, 3.8) is 0 Å². The Kier molecular flexibility index (Phi) is 10.2. The topological polar surface area (TPSA) is 0 Å². The SMILES string of the molecule is Cl.Cl.[Zr][CH]1C(CC2CCCCCC2)=Cc2c(-c3ccc(C4CCCCC4)cc3)cccc21. The molecule has 2 fully saturated rings. The van der Waals surface area contributed by atoms with Crippen molar-refractivity contribution in [3.05, 3.63) is 64.7 Å². The Morgan fingerprint density at radius 3 is 2.03 bits per heavy atom. The van der Waals surface area contributed by atoms with E-state index in [0.717, 1.165) is 11.8 Å². The van der Waals surface area contributed by atoms with Crippen LogP contribution in [0.1, 0.15) is 103 Å². The van der Waals surface area contributed by atoms with Crippen LogP contribution < -0.4 is 0 Å². The van der Waals surface area contributed by atoms with Gasteiger partial charge in [-0.1, -0.05) is 0 Å². The Bertz CT molecular complexity index is 888. The summed E-state index contributed by atoms with van der Waals surface area (Å²) in [6.45, 7) is 0. The molecule has 3 heteroatoms. The number of halogens is 2. The quantitative estimate of drug-likeness (QED) is 0.334. The van der Waals surface area contributed by atoms with E-state index in [1.807, 2.05) is 0 Å². The average Bonchev–Trinajstić information content (AvgIpc) is 2.96. The zero-order chi connectivity index (χ0) is 20.3. The third-order valence-corrected chi connectivity index (χ3v) is 9.62. The number of fused-ring (bicyclic) bond motifs is 1.